The third-order valence-electron chi connectivity index (χ3n) is 4.88. The summed E-state index contributed by atoms with van der Waals surface area (Å²) in [4.78, 5) is 4.08. The van der Waals surface area contributed by atoms with Crippen molar-refractivity contribution in [1.29, 1.82) is 0 Å². The molecule has 1 aromatic heterocycles. The Kier molecular flexibility index (Phi) is 8.22. The summed E-state index contributed by atoms with van der Waals surface area (Å²) in [5.41, 5.74) is 1.40. The van der Waals surface area contributed by atoms with Crippen molar-refractivity contribution in [2.75, 3.05) is 25.1 Å². The zero-order chi connectivity index (χ0) is 23.1. The molecule has 0 aliphatic carbocycles. The summed E-state index contributed by atoms with van der Waals surface area (Å²) >= 11 is 6.27. The first-order chi connectivity index (χ1) is 15.3. The molecule has 174 valence electrons. The van der Waals surface area contributed by atoms with Crippen molar-refractivity contribution in [1.82, 2.24) is 5.16 Å². The lowest BCUT2D eigenvalue weighted by Crippen LogP contribution is -2.09. The SMILES string of the molecule is CCCc1c(OCCCNc2ccc(CCOO)cc2Cl)ccc2c(C(F)(F)F)noc12. The Hall–Kier alpha value is -2.49. The van der Waals surface area contributed by atoms with Gasteiger partial charge in [-0.2, -0.15) is 13.2 Å². The molecule has 32 heavy (non-hydrogen) atoms. The zero-order valence-electron chi connectivity index (χ0n) is 17.5. The van der Waals surface area contributed by atoms with Crippen LogP contribution in [0.2, 0.25) is 5.02 Å². The molecule has 0 aliphatic rings. The van der Waals surface area contributed by atoms with Gasteiger partial charge >= 0.3 is 6.18 Å². The smallest absolute Gasteiger partial charge is 0.437 e. The van der Waals surface area contributed by atoms with Crippen LogP contribution >= 0.6 is 11.6 Å². The summed E-state index contributed by atoms with van der Waals surface area (Å²) in [5.74, 6) is 0.498. The molecule has 1 heterocycles. The second kappa shape index (κ2) is 10.9. The van der Waals surface area contributed by atoms with Crippen LogP contribution in [0.3, 0.4) is 0 Å². The second-order valence-corrected chi connectivity index (χ2v) is 7.63. The van der Waals surface area contributed by atoms with Crippen LogP contribution in [0.1, 0.15) is 36.6 Å². The van der Waals surface area contributed by atoms with Gasteiger partial charge in [0.25, 0.3) is 0 Å². The fourth-order valence-electron chi connectivity index (χ4n) is 3.37. The molecule has 0 atom stereocenters. The standard InChI is InChI=1S/C22H24ClF3N2O4/c1-2-4-15-19(8-6-16-20(15)32-28-21(16)22(24,25)26)30-11-3-10-27-18-7-5-14(9-12-31-29)13-17(18)23/h5-8,13,27,29H,2-4,9-12H2,1H3. The highest BCUT2D eigenvalue weighted by atomic mass is 35.5. The van der Waals surface area contributed by atoms with Crippen LogP contribution in [0, 0.1) is 0 Å². The third-order valence-corrected chi connectivity index (χ3v) is 5.19. The summed E-state index contributed by atoms with van der Waals surface area (Å²) in [6, 6.07) is 8.43. The van der Waals surface area contributed by atoms with Gasteiger partial charge < -0.3 is 14.6 Å². The fraction of sp³-hybridized carbons (Fsp3) is 0.409. The van der Waals surface area contributed by atoms with Gasteiger partial charge in [-0.15, -0.1) is 0 Å². The molecule has 0 spiro atoms. The number of ether oxygens (including phenoxy) is 1. The van der Waals surface area contributed by atoms with E-state index in [9.17, 15) is 13.2 Å². The highest BCUT2D eigenvalue weighted by Crippen LogP contribution is 2.38. The fourth-order valence-corrected chi connectivity index (χ4v) is 3.64. The van der Waals surface area contributed by atoms with Gasteiger partial charge in [0.05, 0.1) is 29.3 Å². The lowest BCUT2D eigenvalue weighted by atomic mass is 10.0. The number of aryl methyl sites for hydroxylation is 1. The highest BCUT2D eigenvalue weighted by molar-refractivity contribution is 6.33. The van der Waals surface area contributed by atoms with E-state index in [0.29, 0.717) is 48.7 Å². The first-order valence-corrected chi connectivity index (χ1v) is 10.6. The number of hydrogen-bond acceptors (Lipinski definition) is 6. The second-order valence-electron chi connectivity index (χ2n) is 7.22. The minimum absolute atomic E-state index is 0.0568. The van der Waals surface area contributed by atoms with E-state index in [1.807, 2.05) is 19.1 Å². The molecule has 0 fully saturated rings. The largest absolute Gasteiger partial charge is 0.493 e. The average Bonchev–Trinajstić information content (AvgIpc) is 3.19. The number of aromatic nitrogens is 1. The maximum Gasteiger partial charge on any atom is 0.437 e. The first kappa shape index (κ1) is 24.2. The lowest BCUT2D eigenvalue weighted by molar-refractivity contribution is -0.241. The van der Waals surface area contributed by atoms with Gasteiger partial charge in [-0.3, -0.25) is 5.26 Å². The van der Waals surface area contributed by atoms with E-state index < -0.39 is 11.9 Å². The minimum Gasteiger partial charge on any atom is -0.493 e. The summed E-state index contributed by atoms with van der Waals surface area (Å²) < 4.78 is 50.2. The summed E-state index contributed by atoms with van der Waals surface area (Å²) in [5, 5.41) is 15.4. The maximum absolute atomic E-state index is 13.1. The van der Waals surface area contributed by atoms with Crippen LogP contribution in [0.4, 0.5) is 18.9 Å². The Labute approximate surface area is 188 Å². The van der Waals surface area contributed by atoms with E-state index >= 15 is 0 Å². The normalized spacial score (nSPS) is 11.8. The molecular weight excluding hydrogens is 449 g/mol. The summed E-state index contributed by atoms with van der Waals surface area (Å²) in [6.45, 7) is 3.07. The van der Waals surface area contributed by atoms with Crippen molar-refractivity contribution in [2.45, 2.75) is 38.8 Å². The zero-order valence-corrected chi connectivity index (χ0v) is 18.2. The molecule has 2 aromatic carbocycles. The Morgan fingerprint density at radius 1 is 1.16 bits per heavy atom. The molecule has 0 unspecified atom stereocenters. The highest BCUT2D eigenvalue weighted by Gasteiger charge is 2.37. The molecule has 0 saturated heterocycles. The van der Waals surface area contributed by atoms with E-state index in [0.717, 1.165) is 17.7 Å². The first-order valence-electron chi connectivity index (χ1n) is 10.2. The quantitative estimate of drug-likeness (QED) is 0.192. The van der Waals surface area contributed by atoms with Crippen LogP contribution in [0.15, 0.2) is 34.9 Å². The van der Waals surface area contributed by atoms with Crippen LogP contribution in [0.25, 0.3) is 11.0 Å². The number of hydrogen-bond donors (Lipinski definition) is 2. The van der Waals surface area contributed by atoms with Crippen LogP contribution in [-0.4, -0.2) is 30.2 Å². The summed E-state index contributed by atoms with van der Waals surface area (Å²) in [6.07, 6.45) is -2.15. The number of anilines is 1. The predicted molar refractivity (Wildman–Crippen MR) is 115 cm³/mol. The lowest BCUT2D eigenvalue weighted by Gasteiger charge is -2.13. The monoisotopic (exact) mass is 472 g/mol. The van der Waals surface area contributed by atoms with Crippen molar-refractivity contribution in [3.63, 3.8) is 0 Å². The molecule has 10 heteroatoms. The molecule has 0 amide bonds. The van der Waals surface area contributed by atoms with Crippen molar-refractivity contribution in [3.05, 3.63) is 52.2 Å². The maximum atomic E-state index is 13.1. The number of nitrogens with one attached hydrogen (secondary N) is 1. The average molecular weight is 473 g/mol. The molecule has 0 saturated carbocycles. The van der Waals surface area contributed by atoms with Crippen LogP contribution in [0.5, 0.6) is 5.75 Å². The molecule has 0 bridgehead atoms. The molecule has 3 rings (SSSR count). The topological polar surface area (TPSA) is 76.8 Å². The third kappa shape index (κ3) is 5.85. The van der Waals surface area contributed by atoms with Crippen molar-refractivity contribution < 1.29 is 32.6 Å². The number of halogens is 4. The number of rotatable bonds is 11. The number of nitrogens with zero attached hydrogens (tertiary/aromatic N) is 1. The summed E-state index contributed by atoms with van der Waals surface area (Å²) in [7, 11) is 0. The van der Waals surface area contributed by atoms with Gasteiger partial charge in [0, 0.05) is 12.1 Å². The molecule has 2 N–H and O–H groups in total. The minimum atomic E-state index is -4.57. The molecule has 0 aliphatic heterocycles. The molecule has 0 radical (unpaired) electrons. The molecular formula is C22H24ClF3N2O4. The number of alkyl halides is 3. The molecule has 3 aromatic rings. The van der Waals surface area contributed by atoms with Gasteiger partial charge in [0.2, 0.25) is 0 Å². The van der Waals surface area contributed by atoms with Crippen LogP contribution in [-0.2, 0) is 23.9 Å². The predicted octanol–water partition coefficient (Wildman–Crippen LogP) is 6.37. The van der Waals surface area contributed by atoms with Gasteiger partial charge in [0.15, 0.2) is 11.3 Å². The Balaban J connectivity index is 1.59. The Morgan fingerprint density at radius 2 is 1.97 bits per heavy atom. The van der Waals surface area contributed by atoms with E-state index in [1.54, 1.807) is 12.1 Å². The van der Waals surface area contributed by atoms with Gasteiger partial charge in [-0.1, -0.05) is 36.2 Å². The van der Waals surface area contributed by atoms with Crippen molar-refractivity contribution in [3.8, 4) is 5.75 Å². The van der Waals surface area contributed by atoms with Gasteiger partial charge in [0.1, 0.15) is 5.75 Å². The van der Waals surface area contributed by atoms with Crippen LogP contribution < -0.4 is 10.1 Å². The van der Waals surface area contributed by atoms with Gasteiger partial charge in [-0.05, 0) is 49.1 Å². The number of benzene rings is 2. The number of fused-ring (bicyclic) bond motifs is 1. The van der Waals surface area contributed by atoms with Crippen molar-refractivity contribution >= 4 is 28.3 Å². The van der Waals surface area contributed by atoms with Gasteiger partial charge in [-0.25, -0.2) is 4.89 Å². The van der Waals surface area contributed by atoms with E-state index in [2.05, 4.69) is 15.4 Å². The van der Waals surface area contributed by atoms with Crippen molar-refractivity contribution in [2.24, 2.45) is 0 Å². The Morgan fingerprint density at radius 3 is 2.66 bits per heavy atom. The van der Waals surface area contributed by atoms with E-state index in [1.165, 1.54) is 6.07 Å². The van der Waals surface area contributed by atoms with E-state index in [-0.39, 0.29) is 17.6 Å². The van der Waals surface area contributed by atoms with E-state index in [4.69, 9.17) is 26.1 Å². The molecule has 6 nitrogen and oxygen atoms in total. The Bertz CT molecular complexity index is 1040.